The first kappa shape index (κ1) is 14.4. The van der Waals surface area contributed by atoms with Crippen molar-refractivity contribution in [3.8, 4) is 0 Å². The van der Waals surface area contributed by atoms with Crippen molar-refractivity contribution in [3.05, 3.63) is 59.7 Å². The van der Waals surface area contributed by atoms with Gasteiger partial charge in [0.05, 0.1) is 0 Å². The van der Waals surface area contributed by atoms with Crippen LogP contribution in [0.25, 0.3) is 0 Å². The topological polar surface area (TPSA) is 0 Å². The summed E-state index contributed by atoms with van der Waals surface area (Å²) < 4.78 is 0. The average molecular weight is 284 g/mol. The Morgan fingerprint density at radius 1 is 0.667 bits per heavy atom. The summed E-state index contributed by atoms with van der Waals surface area (Å²) >= 11 is 0. The second-order valence-electron chi connectivity index (χ2n) is 3.29. The Morgan fingerprint density at radius 3 is 1.07 bits per heavy atom. The molecule has 1 heteroatoms. The van der Waals surface area contributed by atoms with Gasteiger partial charge in [0.25, 0.3) is 0 Å². The van der Waals surface area contributed by atoms with Crippen molar-refractivity contribution in [1.82, 2.24) is 0 Å². The number of hydrogen-bond donors (Lipinski definition) is 0. The number of aryl methyl sites for hydroxylation is 2. The van der Waals surface area contributed by atoms with E-state index < -0.39 is 0 Å². The minimum absolute atomic E-state index is 0. The molecule has 0 aromatic heterocycles. The molecule has 0 bridgehead atoms. The first-order chi connectivity index (χ1) is 6.86. The van der Waals surface area contributed by atoms with Gasteiger partial charge in [-0.25, -0.2) is 24.3 Å². The molecule has 0 nitrogen and oxygen atoms in total. The number of rotatable bonds is 2. The van der Waals surface area contributed by atoms with E-state index in [9.17, 15) is 0 Å². The van der Waals surface area contributed by atoms with Crippen molar-refractivity contribution in [2.24, 2.45) is 0 Å². The molecule has 0 aliphatic rings. The van der Waals surface area contributed by atoms with Crippen LogP contribution in [-0.4, -0.2) is 0 Å². The van der Waals surface area contributed by atoms with Gasteiger partial charge in [-0.05, 0) is 0 Å². The van der Waals surface area contributed by atoms with Crippen LogP contribution >= 0.6 is 0 Å². The monoisotopic (exact) mass is 286 g/mol. The fourth-order valence-electron chi connectivity index (χ4n) is 1.30. The molecule has 2 aromatic rings. The van der Waals surface area contributed by atoms with Crippen molar-refractivity contribution in [3.63, 3.8) is 0 Å². The van der Waals surface area contributed by atoms with E-state index in [1.165, 1.54) is 11.1 Å². The third kappa shape index (κ3) is 5.74. The molecule has 0 fully saturated rings. The molecule has 0 unspecified atom stereocenters. The van der Waals surface area contributed by atoms with Crippen LogP contribution in [0.2, 0.25) is 0 Å². The molecule has 2 aromatic carbocycles. The summed E-state index contributed by atoms with van der Waals surface area (Å²) in [6.45, 7) is 4.32. The molecule has 84 valence electrons. The molecule has 0 amide bonds. The van der Waals surface area contributed by atoms with Crippen LogP contribution in [0.5, 0.6) is 0 Å². The molecule has 0 aliphatic carbocycles. The van der Waals surface area contributed by atoms with Crippen LogP contribution in [-0.2, 0) is 33.9 Å². The summed E-state index contributed by atoms with van der Waals surface area (Å²) in [6.07, 6.45) is 2.32. The zero-order valence-electron chi connectivity index (χ0n) is 9.53. The summed E-state index contributed by atoms with van der Waals surface area (Å²) in [6, 6.07) is 16.8. The quantitative estimate of drug-likeness (QED) is 0.586. The molecule has 0 aliphatic heterocycles. The van der Waals surface area contributed by atoms with Gasteiger partial charge in [-0.1, -0.05) is 26.7 Å². The zero-order chi connectivity index (χ0) is 10.2. The predicted molar refractivity (Wildman–Crippen MR) is 65.6 cm³/mol. The Balaban J connectivity index is 0.000000245. The van der Waals surface area contributed by atoms with Crippen molar-refractivity contribution >= 4 is 0 Å². The Bertz CT molecular complexity index is 269. The van der Waals surface area contributed by atoms with Crippen LogP contribution in [0.4, 0.5) is 0 Å². The summed E-state index contributed by atoms with van der Waals surface area (Å²) in [5, 5.41) is 0. The van der Waals surface area contributed by atoms with Gasteiger partial charge in [-0.15, -0.1) is 0 Å². The van der Waals surface area contributed by atoms with Crippen LogP contribution in [0, 0.1) is 0 Å². The standard InChI is InChI=1S/2C7H9.Mo.2H/c2*1-2-7-5-3-4-6-7;;;/h2*3-6H,2H2,1H3;;;/q2*-1;;;. The molecule has 0 atom stereocenters. The maximum atomic E-state index is 2.16. The van der Waals surface area contributed by atoms with Crippen molar-refractivity contribution in [2.75, 3.05) is 0 Å². The van der Waals surface area contributed by atoms with Crippen LogP contribution in [0.15, 0.2) is 48.5 Å². The molecule has 0 saturated carbocycles. The van der Waals surface area contributed by atoms with Gasteiger partial charge in [0.1, 0.15) is 0 Å². The van der Waals surface area contributed by atoms with E-state index in [-0.39, 0.29) is 21.1 Å². The second-order valence-corrected chi connectivity index (χ2v) is 3.29. The van der Waals surface area contributed by atoms with E-state index in [0.29, 0.717) is 0 Å². The molecule has 0 saturated heterocycles. The van der Waals surface area contributed by atoms with Crippen molar-refractivity contribution in [1.29, 1.82) is 0 Å². The fourth-order valence-corrected chi connectivity index (χ4v) is 1.30. The van der Waals surface area contributed by atoms with Crippen molar-refractivity contribution < 1.29 is 21.1 Å². The predicted octanol–water partition coefficient (Wildman–Crippen LogP) is 3.40. The molecule has 0 heterocycles. The Labute approximate surface area is 107 Å². The normalized spacial score (nSPS) is 8.67. The molecular formula is C14H20Mo-2. The van der Waals surface area contributed by atoms with Gasteiger partial charge in [0.15, 0.2) is 0 Å². The fraction of sp³-hybridized carbons (Fsp3) is 0.286. The minimum atomic E-state index is 0. The Morgan fingerprint density at radius 2 is 0.933 bits per heavy atom. The van der Waals surface area contributed by atoms with Gasteiger partial charge < -0.3 is 0 Å². The van der Waals surface area contributed by atoms with Crippen LogP contribution in [0.3, 0.4) is 0 Å². The molecule has 0 N–H and O–H groups in total. The van der Waals surface area contributed by atoms with Crippen LogP contribution < -0.4 is 0 Å². The van der Waals surface area contributed by atoms with Crippen molar-refractivity contribution in [2.45, 2.75) is 26.7 Å². The summed E-state index contributed by atoms with van der Waals surface area (Å²) in [7, 11) is 0. The Kier molecular flexibility index (Phi) is 8.32. The maximum absolute atomic E-state index is 2.16. The van der Waals surface area contributed by atoms with Gasteiger partial charge in [0.2, 0.25) is 0 Å². The Hall–Kier alpha value is -0.612. The van der Waals surface area contributed by atoms with E-state index in [4.69, 9.17) is 0 Å². The molecule has 2 rings (SSSR count). The average Bonchev–Trinajstić information content (AvgIpc) is 2.92. The molecular weight excluding hydrogens is 264 g/mol. The third-order valence-corrected chi connectivity index (χ3v) is 2.28. The third-order valence-electron chi connectivity index (χ3n) is 2.28. The zero-order valence-corrected chi connectivity index (χ0v) is 12.0. The summed E-state index contributed by atoms with van der Waals surface area (Å²) in [5.74, 6) is 0. The second kappa shape index (κ2) is 8.68. The van der Waals surface area contributed by atoms with Crippen LogP contribution in [0.1, 0.15) is 25.0 Å². The van der Waals surface area contributed by atoms with E-state index in [1.807, 2.05) is 0 Å². The summed E-state index contributed by atoms with van der Waals surface area (Å²) in [5.41, 5.74) is 2.86. The van der Waals surface area contributed by atoms with Gasteiger partial charge >= 0.3 is 21.1 Å². The number of hydrogen-bond acceptors (Lipinski definition) is 0. The first-order valence-corrected chi connectivity index (χ1v) is 5.28. The SMILES string of the molecule is CC[c-]1cccc1.CC[c-]1cccc1.[MoH2]. The van der Waals surface area contributed by atoms with Gasteiger partial charge in [-0.2, -0.15) is 35.4 Å². The van der Waals surface area contributed by atoms with E-state index in [1.54, 1.807) is 0 Å². The van der Waals surface area contributed by atoms with E-state index in [2.05, 4.69) is 62.4 Å². The molecule has 15 heavy (non-hydrogen) atoms. The van der Waals surface area contributed by atoms with E-state index >= 15 is 0 Å². The first-order valence-electron chi connectivity index (χ1n) is 5.28. The van der Waals surface area contributed by atoms with E-state index in [0.717, 1.165) is 12.8 Å². The van der Waals surface area contributed by atoms with Gasteiger partial charge in [-0.3, -0.25) is 0 Å². The molecule has 0 radical (unpaired) electrons. The molecule has 0 spiro atoms. The summed E-state index contributed by atoms with van der Waals surface area (Å²) in [4.78, 5) is 0. The van der Waals surface area contributed by atoms with Gasteiger partial charge in [0, 0.05) is 0 Å².